The summed E-state index contributed by atoms with van der Waals surface area (Å²) in [5.74, 6) is 0. The lowest BCUT2D eigenvalue weighted by molar-refractivity contribution is 0.206. The number of fused-ring (bicyclic) bond motifs is 3. The molecule has 0 aliphatic carbocycles. The van der Waals surface area contributed by atoms with Crippen molar-refractivity contribution in [1.29, 1.82) is 0 Å². The number of urea groups is 1. The highest BCUT2D eigenvalue weighted by molar-refractivity contribution is 7.89. The van der Waals surface area contributed by atoms with E-state index < -0.39 is 10.0 Å². The molecule has 8 heteroatoms. The van der Waals surface area contributed by atoms with Crippen molar-refractivity contribution in [1.82, 2.24) is 14.2 Å². The predicted octanol–water partition coefficient (Wildman–Crippen LogP) is 3.79. The van der Waals surface area contributed by atoms with E-state index in [-0.39, 0.29) is 17.0 Å². The number of benzene rings is 2. The van der Waals surface area contributed by atoms with Gasteiger partial charge in [-0.3, -0.25) is 0 Å². The smallest absolute Gasteiger partial charge is 0.322 e. The van der Waals surface area contributed by atoms with Crippen LogP contribution < -0.4 is 5.32 Å². The second-order valence-electron chi connectivity index (χ2n) is 7.87. The number of hydrogen-bond acceptors (Lipinski definition) is 3. The van der Waals surface area contributed by atoms with Crippen molar-refractivity contribution < 1.29 is 13.2 Å². The van der Waals surface area contributed by atoms with Crippen LogP contribution in [0.5, 0.6) is 0 Å². The number of nitrogens with one attached hydrogen (secondary N) is 2. The highest BCUT2D eigenvalue weighted by Crippen LogP contribution is 2.28. The summed E-state index contributed by atoms with van der Waals surface area (Å²) in [6.45, 7) is 4.81. The van der Waals surface area contributed by atoms with E-state index in [0.717, 1.165) is 22.9 Å². The van der Waals surface area contributed by atoms with E-state index in [1.165, 1.54) is 22.1 Å². The number of anilines is 1. The van der Waals surface area contributed by atoms with Gasteiger partial charge in [0.15, 0.2) is 0 Å². The van der Waals surface area contributed by atoms with E-state index in [1.807, 2.05) is 32.0 Å². The second-order valence-corrected chi connectivity index (χ2v) is 9.87. The summed E-state index contributed by atoms with van der Waals surface area (Å²) >= 11 is 0. The summed E-state index contributed by atoms with van der Waals surface area (Å²) in [5.41, 5.74) is 4.00. The van der Waals surface area contributed by atoms with E-state index in [4.69, 9.17) is 0 Å². The molecule has 4 rings (SSSR count). The Morgan fingerprint density at radius 3 is 2.53 bits per heavy atom. The molecule has 1 aromatic heterocycles. The van der Waals surface area contributed by atoms with Gasteiger partial charge in [0.2, 0.25) is 10.0 Å². The summed E-state index contributed by atoms with van der Waals surface area (Å²) in [6, 6.07) is 14.1. The lowest BCUT2D eigenvalue weighted by Gasteiger charge is -2.27. The Bertz CT molecular complexity index is 1180. The van der Waals surface area contributed by atoms with Crippen LogP contribution in [0.3, 0.4) is 0 Å². The lowest BCUT2D eigenvalue weighted by atomic mass is 10.0. The van der Waals surface area contributed by atoms with Crippen LogP contribution in [-0.2, 0) is 23.0 Å². The van der Waals surface area contributed by atoms with E-state index in [2.05, 4.69) is 16.4 Å². The van der Waals surface area contributed by atoms with Gasteiger partial charge < -0.3 is 15.2 Å². The maximum atomic E-state index is 12.8. The molecule has 0 fully saturated rings. The first kappa shape index (κ1) is 20.4. The van der Waals surface area contributed by atoms with Crippen LogP contribution >= 0.6 is 0 Å². The number of carbonyl (C=O) groups excluding carboxylic acids is 1. The molecule has 30 heavy (non-hydrogen) atoms. The van der Waals surface area contributed by atoms with Gasteiger partial charge in [0.1, 0.15) is 0 Å². The lowest BCUT2D eigenvalue weighted by Crippen LogP contribution is -2.38. The number of aromatic nitrogens is 1. The first-order valence-electron chi connectivity index (χ1n) is 10.00. The Hall–Kier alpha value is -2.84. The van der Waals surface area contributed by atoms with Gasteiger partial charge in [-0.1, -0.05) is 18.2 Å². The van der Waals surface area contributed by atoms with Gasteiger partial charge in [-0.25, -0.2) is 13.2 Å². The maximum absolute atomic E-state index is 12.8. The quantitative estimate of drug-likeness (QED) is 0.666. The molecule has 2 heterocycles. The largest absolute Gasteiger partial charge is 0.358 e. The van der Waals surface area contributed by atoms with Crippen molar-refractivity contribution in [2.75, 3.05) is 18.9 Å². The number of carbonyl (C=O) groups is 1. The van der Waals surface area contributed by atoms with Gasteiger partial charge in [0.05, 0.1) is 4.90 Å². The molecular formula is C22H26N4O3S. The predicted molar refractivity (Wildman–Crippen MR) is 118 cm³/mol. The van der Waals surface area contributed by atoms with Crippen molar-refractivity contribution in [2.24, 2.45) is 0 Å². The van der Waals surface area contributed by atoms with Gasteiger partial charge >= 0.3 is 6.03 Å². The molecule has 1 aliphatic heterocycles. The van der Waals surface area contributed by atoms with Crippen molar-refractivity contribution in [3.05, 3.63) is 59.8 Å². The molecule has 2 amide bonds. The second kappa shape index (κ2) is 7.77. The molecule has 0 bridgehead atoms. The monoisotopic (exact) mass is 426 g/mol. The molecule has 0 unspecified atom stereocenters. The fourth-order valence-corrected chi connectivity index (χ4v) is 5.06. The molecule has 0 saturated heterocycles. The van der Waals surface area contributed by atoms with Crippen LogP contribution in [0.4, 0.5) is 10.5 Å². The van der Waals surface area contributed by atoms with E-state index in [9.17, 15) is 13.2 Å². The van der Waals surface area contributed by atoms with Gasteiger partial charge in [0, 0.05) is 60.4 Å². The van der Waals surface area contributed by atoms with Crippen LogP contribution in [0.2, 0.25) is 0 Å². The number of nitrogens with zero attached hydrogens (tertiary/aromatic N) is 2. The van der Waals surface area contributed by atoms with Crippen molar-refractivity contribution in [3.8, 4) is 0 Å². The van der Waals surface area contributed by atoms with Crippen LogP contribution in [0.15, 0.2) is 53.4 Å². The van der Waals surface area contributed by atoms with Crippen molar-refractivity contribution >= 4 is 32.6 Å². The topological polar surface area (TPSA) is 85.5 Å². The number of para-hydroxylation sites is 1. The SMILES string of the molecule is CC(C)N(C)S(=O)(=O)c1ccc(NC(=O)N2CCc3[nH]c4ccccc4c3C2)cc1. The number of H-pyrrole nitrogens is 1. The molecule has 3 aromatic rings. The maximum Gasteiger partial charge on any atom is 0.322 e. The van der Waals surface area contributed by atoms with Crippen molar-refractivity contribution in [2.45, 2.75) is 37.8 Å². The van der Waals surface area contributed by atoms with Crippen LogP contribution in [0.1, 0.15) is 25.1 Å². The highest BCUT2D eigenvalue weighted by atomic mass is 32.2. The zero-order valence-corrected chi connectivity index (χ0v) is 18.2. The van der Waals surface area contributed by atoms with E-state index in [0.29, 0.717) is 18.8 Å². The van der Waals surface area contributed by atoms with Crippen molar-refractivity contribution in [3.63, 3.8) is 0 Å². The molecule has 0 spiro atoms. The third kappa shape index (κ3) is 3.68. The fraction of sp³-hybridized carbons (Fsp3) is 0.318. The highest BCUT2D eigenvalue weighted by Gasteiger charge is 2.25. The van der Waals surface area contributed by atoms with Crippen LogP contribution in [0.25, 0.3) is 10.9 Å². The molecule has 0 saturated carbocycles. The summed E-state index contributed by atoms with van der Waals surface area (Å²) in [6.07, 6.45) is 0.774. The molecule has 158 valence electrons. The van der Waals surface area contributed by atoms with Crippen LogP contribution in [-0.4, -0.2) is 48.3 Å². The summed E-state index contributed by atoms with van der Waals surface area (Å²) in [4.78, 5) is 18.2. The van der Waals surface area contributed by atoms with E-state index in [1.54, 1.807) is 24.1 Å². The Balaban J connectivity index is 1.47. The van der Waals surface area contributed by atoms with Gasteiger partial charge in [-0.15, -0.1) is 0 Å². The summed E-state index contributed by atoms with van der Waals surface area (Å²) < 4.78 is 26.5. The number of hydrogen-bond donors (Lipinski definition) is 2. The average molecular weight is 427 g/mol. The normalized spacial score (nSPS) is 14.4. The molecule has 0 atom stereocenters. The number of rotatable bonds is 4. The number of aromatic amines is 1. The Morgan fingerprint density at radius 1 is 1.13 bits per heavy atom. The number of sulfonamides is 1. The van der Waals surface area contributed by atoms with Gasteiger partial charge in [0.25, 0.3) is 0 Å². The minimum Gasteiger partial charge on any atom is -0.358 e. The summed E-state index contributed by atoms with van der Waals surface area (Å²) in [7, 11) is -1.98. The molecule has 0 radical (unpaired) electrons. The van der Waals surface area contributed by atoms with Crippen LogP contribution in [0, 0.1) is 0 Å². The minimum atomic E-state index is -3.55. The van der Waals surface area contributed by atoms with Gasteiger partial charge in [-0.05, 0) is 44.2 Å². The third-order valence-corrected chi connectivity index (χ3v) is 7.73. The molecular weight excluding hydrogens is 400 g/mol. The number of amides is 2. The zero-order valence-electron chi connectivity index (χ0n) is 17.3. The van der Waals surface area contributed by atoms with Gasteiger partial charge in [-0.2, -0.15) is 4.31 Å². The summed E-state index contributed by atoms with van der Waals surface area (Å²) in [5, 5.41) is 4.03. The Labute approximate surface area is 176 Å². The minimum absolute atomic E-state index is 0.136. The van der Waals surface area contributed by atoms with E-state index >= 15 is 0 Å². The average Bonchev–Trinajstić information content (AvgIpc) is 3.11. The molecule has 2 N–H and O–H groups in total. The molecule has 7 nitrogen and oxygen atoms in total. The first-order chi connectivity index (χ1) is 14.3. The Morgan fingerprint density at radius 2 is 1.83 bits per heavy atom. The third-order valence-electron chi connectivity index (χ3n) is 5.68. The first-order valence-corrected chi connectivity index (χ1v) is 11.4. The molecule has 1 aliphatic rings. The molecule has 2 aromatic carbocycles. The fourth-order valence-electron chi connectivity index (χ4n) is 3.70. The Kier molecular flexibility index (Phi) is 5.29. The standard InChI is InChI=1S/C22H26N4O3S/c1-15(2)25(3)30(28,29)17-10-8-16(9-11-17)23-22(27)26-13-12-21-19(14-26)18-6-4-5-7-20(18)24-21/h4-11,15,24H,12-14H2,1-3H3,(H,23,27). The zero-order chi connectivity index (χ0) is 21.5.